The largest absolute Gasteiger partial charge is 0.487 e. The van der Waals surface area contributed by atoms with E-state index in [1.807, 2.05) is 0 Å². The quantitative estimate of drug-likeness (QED) is 0.589. The average Bonchev–Trinajstić information content (AvgIpc) is 2.93. The van der Waals surface area contributed by atoms with Gasteiger partial charge in [-0.3, -0.25) is 10.1 Å². The number of nitro benzene ring substituents is 1. The number of hydrogen-bond acceptors (Lipinski definition) is 4. The molecule has 1 aromatic rings. The molecule has 21 heavy (non-hydrogen) atoms. The van der Waals surface area contributed by atoms with Crippen LogP contribution in [0.5, 0.6) is 5.75 Å². The highest BCUT2D eigenvalue weighted by Gasteiger charge is 2.56. The molecule has 0 saturated heterocycles. The van der Waals surface area contributed by atoms with Crippen molar-refractivity contribution < 1.29 is 9.66 Å². The molecule has 2 aliphatic carbocycles. The molecule has 2 N–H and O–H groups in total. The van der Waals surface area contributed by atoms with Crippen LogP contribution in [-0.4, -0.2) is 17.1 Å². The summed E-state index contributed by atoms with van der Waals surface area (Å²) < 4.78 is 7.35. The Balaban J connectivity index is 1.84. The first kappa shape index (κ1) is 15.2. The molecule has 1 spiro atoms. The average molecular weight is 420 g/mol. The van der Waals surface area contributed by atoms with Gasteiger partial charge in [0.1, 0.15) is 11.9 Å². The monoisotopic (exact) mass is 418 g/mol. The Labute approximate surface area is 139 Å². The minimum Gasteiger partial charge on any atom is -0.487 e. The predicted molar refractivity (Wildman–Crippen MR) is 86.4 cm³/mol. The van der Waals surface area contributed by atoms with Crippen molar-refractivity contribution in [3.8, 4) is 5.75 Å². The molecule has 2 unspecified atom stereocenters. The van der Waals surface area contributed by atoms with Crippen LogP contribution in [0.1, 0.15) is 32.1 Å². The summed E-state index contributed by atoms with van der Waals surface area (Å²) in [4.78, 5) is 10.4. The maximum Gasteiger partial charge on any atom is 0.271 e. The van der Waals surface area contributed by atoms with Gasteiger partial charge < -0.3 is 10.5 Å². The minimum absolute atomic E-state index is 0.0296. The van der Waals surface area contributed by atoms with Gasteiger partial charge in [0.25, 0.3) is 5.69 Å². The summed E-state index contributed by atoms with van der Waals surface area (Å²) >= 11 is 6.74. The van der Waals surface area contributed by atoms with Crippen molar-refractivity contribution in [2.75, 3.05) is 0 Å². The highest BCUT2D eigenvalue weighted by atomic mass is 79.9. The lowest BCUT2D eigenvalue weighted by Crippen LogP contribution is -2.62. The van der Waals surface area contributed by atoms with Crippen molar-refractivity contribution in [1.82, 2.24) is 0 Å². The van der Waals surface area contributed by atoms with Gasteiger partial charge in [-0.15, -0.1) is 0 Å². The topological polar surface area (TPSA) is 78.4 Å². The van der Waals surface area contributed by atoms with Gasteiger partial charge in [-0.1, -0.05) is 12.8 Å². The van der Waals surface area contributed by atoms with Gasteiger partial charge in [0.2, 0.25) is 0 Å². The second-order valence-corrected chi connectivity index (χ2v) is 7.59. The fraction of sp³-hybridized carbons (Fsp3) is 0.571. The molecule has 0 bridgehead atoms. The number of nitrogens with zero attached hydrogens (tertiary/aromatic N) is 1. The van der Waals surface area contributed by atoms with E-state index in [-0.39, 0.29) is 23.2 Å². The lowest BCUT2D eigenvalue weighted by atomic mass is 9.61. The van der Waals surface area contributed by atoms with E-state index in [0.29, 0.717) is 14.7 Å². The van der Waals surface area contributed by atoms with Gasteiger partial charge in [-0.25, -0.2) is 0 Å². The van der Waals surface area contributed by atoms with E-state index >= 15 is 0 Å². The van der Waals surface area contributed by atoms with E-state index in [0.717, 1.165) is 19.3 Å². The van der Waals surface area contributed by atoms with E-state index in [9.17, 15) is 10.1 Å². The van der Waals surface area contributed by atoms with Gasteiger partial charge in [-0.05, 0) is 44.7 Å². The molecule has 0 heterocycles. The zero-order valence-electron chi connectivity index (χ0n) is 11.4. The molecular weight excluding hydrogens is 404 g/mol. The van der Waals surface area contributed by atoms with Crippen LogP contribution < -0.4 is 10.5 Å². The van der Waals surface area contributed by atoms with E-state index in [2.05, 4.69) is 31.9 Å². The summed E-state index contributed by atoms with van der Waals surface area (Å²) in [5.41, 5.74) is 6.34. The molecule has 1 aromatic carbocycles. The standard InChI is InChI=1S/C14H16Br2N2O3/c15-9-5-8(18(19)20)6-10(16)13(9)21-12-7-11(17)14(12)3-1-2-4-14/h5-6,11-12H,1-4,7,17H2. The Hall–Kier alpha value is -0.660. The summed E-state index contributed by atoms with van der Waals surface area (Å²) in [5.74, 6) is 0.628. The molecule has 5 nitrogen and oxygen atoms in total. The lowest BCUT2D eigenvalue weighted by Gasteiger charge is -2.52. The Morgan fingerprint density at radius 2 is 1.86 bits per heavy atom. The Morgan fingerprint density at radius 3 is 2.33 bits per heavy atom. The minimum atomic E-state index is -0.420. The number of halogens is 2. The number of nitrogens with two attached hydrogens (primary N) is 1. The normalized spacial score (nSPS) is 26.6. The summed E-state index contributed by atoms with van der Waals surface area (Å²) in [6.07, 6.45) is 5.58. The van der Waals surface area contributed by atoms with E-state index < -0.39 is 4.92 Å². The molecule has 0 radical (unpaired) electrons. The first-order chi connectivity index (χ1) is 9.94. The third-order valence-electron chi connectivity index (χ3n) is 4.84. The van der Waals surface area contributed by atoms with Crippen LogP contribution in [0.4, 0.5) is 5.69 Å². The van der Waals surface area contributed by atoms with Crippen molar-refractivity contribution in [2.24, 2.45) is 11.1 Å². The molecule has 0 aromatic heterocycles. The van der Waals surface area contributed by atoms with Crippen LogP contribution in [0.15, 0.2) is 21.1 Å². The van der Waals surface area contributed by atoms with Gasteiger partial charge in [0.05, 0.1) is 13.9 Å². The van der Waals surface area contributed by atoms with Crippen molar-refractivity contribution in [1.29, 1.82) is 0 Å². The third kappa shape index (κ3) is 2.49. The van der Waals surface area contributed by atoms with Crippen LogP contribution in [0.2, 0.25) is 0 Å². The lowest BCUT2D eigenvalue weighted by molar-refractivity contribution is -0.385. The van der Waals surface area contributed by atoms with Crippen molar-refractivity contribution in [2.45, 2.75) is 44.2 Å². The molecule has 2 atom stereocenters. The van der Waals surface area contributed by atoms with Gasteiger partial charge in [-0.2, -0.15) is 0 Å². The molecule has 2 fully saturated rings. The molecule has 114 valence electrons. The van der Waals surface area contributed by atoms with Crippen molar-refractivity contribution >= 4 is 37.5 Å². The number of rotatable bonds is 3. The molecule has 3 rings (SSSR count). The molecule has 0 amide bonds. The molecule has 7 heteroatoms. The SMILES string of the molecule is NC1CC(Oc2c(Br)cc([N+](=O)[O-])cc2Br)C12CCCC2. The van der Waals surface area contributed by atoms with Crippen LogP contribution in [0, 0.1) is 15.5 Å². The molecule has 2 saturated carbocycles. The second kappa shape index (κ2) is 5.52. The zero-order chi connectivity index (χ0) is 15.2. The summed E-state index contributed by atoms with van der Waals surface area (Å²) in [7, 11) is 0. The summed E-state index contributed by atoms with van der Waals surface area (Å²) in [6.45, 7) is 0. The van der Waals surface area contributed by atoms with Crippen LogP contribution in [0.3, 0.4) is 0 Å². The van der Waals surface area contributed by atoms with E-state index in [1.165, 1.54) is 25.0 Å². The number of ether oxygens (including phenoxy) is 1. The predicted octanol–water partition coefficient (Wildman–Crippen LogP) is 4.16. The number of hydrogen-bond donors (Lipinski definition) is 1. The fourth-order valence-corrected chi connectivity index (χ4v) is 4.93. The van der Waals surface area contributed by atoms with Crippen molar-refractivity contribution in [3.63, 3.8) is 0 Å². The zero-order valence-corrected chi connectivity index (χ0v) is 14.5. The number of benzene rings is 1. The smallest absolute Gasteiger partial charge is 0.271 e. The van der Waals surface area contributed by atoms with Gasteiger partial charge >= 0.3 is 0 Å². The third-order valence-corrected chi connectivity index (χ3v) is 6.01. The Morgan fingerprint density at radius 1 is 1.29 bits per heavy atom. The first-order valence-electron chi connectivity index (χ1n) is 7.00. The summed E-state index contributed by atoms with van der Waals surface area (Å²) in [6, 6.07) is 3.15. The maximum atomic E-state index is 10.9. The Kier molecular flexibility index (Phi) is 4.00. The van der Waals surface area contributed by atoms with Gasteiger partial charge in [0.15, 0.2) is 0 Å². The second-order valence-electron chi connectivity index (χ2n) is 5.88. The van der Waals surface area contributed by atoms with Crippen LogP contribution >= 0.6 is 31.9 Å². The van der Waals surface area contributed by atoms with Crippen LogP contribution in [-0.2, 0) is 0 Å². The molecule has 2 aliphatic rings. The highest BCUT2D eigenvalue weighted by molar-refractivity contribution is 9.11. The number of nitro groups is 1. The molecular formula is C14H16Br2N2O3. The van der Waals surface area contributed by atoms with Crippen molar-refractivity contribution in [3.05, 3.63) is 31.2 Å². The molecule has 0 aliphatic heterocycles. The summed E-state index contributed by atoms with van der Waals surface area (Å²) in [5, 5.41) is 10.9. The van der Waals surface area contributed by atoms with Gasteiger partial charge in [0, 0.05) is 30.0 Å². The Bertz CT molecular complexity index is 565. The fourth-order valence-electron chi connectivity index (χ4n) is 3.58. The maximum absolute atomic E-state index is 10.9. The first-order valence-corrected chi connectivity index (χ1v) is 8.58. The number of non-ortho nitro benzene ring substituents is 1. The van der Waals surface area contributed by atoms with E-state index in [4.69, 9.17) is 10.5 Å². The highest BCUT2D eigenvalue weighted by Crippen LogP contribution is 2.54. The van der Waals surface area contributed by atoms with Crippen LogP contribution in [0.25, 0.3) is 0 Å². The van der Waals surface area contributed by atoms with E-state index in [1.54, 1.807) is 0 Å².